The van der Waals surface area contributed by atoms with Gasteiger partial charge < -0.3 is 4.90 Å². The average molecular weight is 442 g/mol. The Morgan fingerprint density at radius 1 is 1.10 bits per heavy atom. The molecule has 3 aromatic rings. The standard InChI is InChI=1S/C20H16Cl2F3N3O/c1-27(11-10-13-4-2-3-5-17(13)22)19(29)16-12-26-28(18(16)20(23,24)25)15-8-6-14(21)7-9-15/h2-9,12H,10-11H2,1H3. The molecule has 1 amide bonds. The predicted molar refractivity (Wildman–Crippen MR) is 106 cm³/mol. The molecule has 0 unspecified atom stereocenters. The second-order valence-electron chi connectivity index (χ2n) is 6.36. The largest absolute Gasteiger partial charge is 0.434 e. The third kappa shape index (κ3) is 4.74. The van der Waals surface area contributed by atoms with E-state index in [1.165, 1.54) is 36.2 Å². The summed E-state index contributed by atoms with van der Waals surface area (Å²) in [5.74, 6) is -0.774. The van der Waals surface area contributed by atoms with Crippen molar-refractivity contribution in [1.82, 2.24) is 14.7 Å². The van der Waals surface area contributed by atoms with E-state index in [-0.39, 0.29) is 12.2 Å². The molecular formula is C20H16Cl2F3N3O. The first-order valence-corrected chi connectivity index (χ1v) is 9.34. The lowest BCUT2D eigenvalue weighted by molar-refractivity contribution is -0.143. The fourth-order valence-electron chi connectivity index (χ4n) is 2.85. The Morgan fingerprint density at radius 3 is 2.38 bits per heavy atom. The van der Waals surface area contributed by atoms with Crippen molar-refractivity contribution in [2.24, 2.45) is 0 Å². The van der Waals surface area contributed by atoms with Gasteiger partial charge in [-0.15, -0.1) is 0 Å². The topological polar surface area (TPSA) is 38.1 Å². The number of alkyl halides is 3. The lowest BCUT2D eigenvalue weighted by Gasteiger charge is -2.19. The van der Waals surface area contributed by atoms with Crippen LogP contribution in [0.2, 0.25) is 10.0 Å². The minimum Gasteiger partial charge on any atom is -0.341 e. The highest BCUT2D eigenvalue weighted by Crippen LogP contribution is 2.34. The number of likely N-dealkylation sites (N-methyl/N-ethyl adjacent to an activating group) is 1. The average Bonchev–Trinajstić information content (AvgIpc) is 3.12. The molecule has 29 heavy (non-hydrogen) atoms. The van der Waals surface area contributed by atoms with Gasteiger partial charge in [0.15, 0.2) is 5.69 Å². The summed E-state index contributed by atoms with van der Waals surface area (Å²) in [7, 11) is 1.44. The SMILES string of the molecule is CN(CCc1ccccc1Cl)C(=O)c1cnn(-c2ccc(Cl)cc2)c1C(F)(F)F. The number of carbonyl (C=O) groups excluding carboxylic acids is 1. The van der Waals surface area contributed by atoms with Gasteiger partial charge in [0.05, 0.1) is 17.4 Å². The highest BCUT2D eigenvalue weighted by atomic mass is 35.5. The molecule has 0 spiro atoms. The molecule has 0 N–H and O–H groups in total. The zero-order chi connectivity index (χ0) is 21.2. The number of nitrogens with zero attached hydrogens (tertiary/aromatic N) is 3. The molecule has 1 heterocycles. The molecule has 0 radical (unpaired) electrons. The van der Waals surface area contributed by atoms with Crippen molar-refractivity contribution in [1.29, 1.82) is 0 Å². The smallest absolute Gasteiger partial charge is 0.341 e. The second-order valence-corrected chi connectivity index (χ2v) is 7.20. The quantitative estimate of drug-likeness (QED) is 0.523. The fraction of sp³-hybridized carbons (Fsp3) is 0.200. The molecule has 1 aromatic heterocycles. The van der Waals surface area contributed by atoms with Crippen molar-refractivity contribution >= 4 is 29.1 Å². The van der Waals surface area contributed by atoms with E-state index in [9.17, 15) is 18.0 Å². The summed E-state index contributed by atoms with van der Waals surface area (Å²) in [6, 6.07) is 12.8. The van der Waals surface area contributed by atoms with E-state index in [1.54, 1.807) is 24.3 Å². The van der Waals surface area contributed by atoms with Crippen LogP contribution in [0.4, 0.5) is 13.2 Å². The normalized spacial score (nSPS) is 11.5. The number of aromatic nitrogens is 2. The van der Waals surface area contributed by atoms with E-state index < -0.39 is 23.3 Å². The third-order valence-corrected chi connectivity index (χ3v) is 4.98. The second kappa shape index (κ2) is 8.47. The van der Waals surface area contributed by atoms with E-state index in [1.807, 2.05) is 0 Å². The van der Waals surface area contributed by atoms with Crippen LogP contribution < -0.4 is 0 Å². The van der Waals surface area contributed by atoms with E-state index in [0.29, 0.717) is 21.1 Å². The Bertz CT molecular complexity index is 1020. The van der Waals surface area contributed by atoms with Crippen LogP contribution in [-0.4, -0.2) is 34.2 Å². The van der Waals surface area contributed by atoms with Gasteiger partial charge in [-0.05, 0) is 42.3 Å². The monoisotopic (exact) mass is 441 g/mol. The van der Waals surface area contributed by atoms with Crippen LogP contribution in [0.1, 0.15) is 21.6 Å². The van der Waals surface area contributed by atoms with Crippen LogP contribution in [0, 0.1) is 0 Å². The molecule has 0 atom stereocenters. The van der Waals surface area contributed by atoms with Crippen LogP contribution in [0.25, 0.3) is 5.69 Å². The molecule has 9 heteroatoms. The maximum atomic E-state index is 13.8. The first-order chi connectivity index (χ1) is 13.7. The lowest BCUT2D eigenvalue weighted by atomic mass is 10.1. The van der Waals surface area contributed by atoms with Gasteiger partial charge in [-0.25, -0.2) is 4.68 Å². The van der Waals surface area contributed by atoms with Crippen LogP contribution in [-0.2, 0) is 12.6 Å². The Kier molecular flexibility index (Phi) is 6.19. The molecule has 4 nitrogen and oxygen atoms in total. The first-order valence-electron chi connectivity index (χ1n) is 8.58. The maximum Gasteiger partial charge on any atom is 0.434 e. The number of halogens is 5. The van der Waals surface area contributed by atoms with Gasteiger partial charge >= 0.3 is 6.18 Å². The summed E-state index contributed by atoms with van der Waals surface area (Å²) < 4.78 is 42.0. The third-order valence-electron chi connectivity index (χ3n) is 4.36. The number of benzene rings is 2. The highest BCUT2D eigenvalue weighted by molar-refractivity contribution is 6.31. The van der Waals surface area contributed by atoms with Gasteiger partial charge in [-0.2, -0.15) is 18.3 Å². The minimum atomic E-state index is -4.77. The van der Waals surface area contributed by atoms with E-state index in [0.717, 1.165) is 11.8 Å². The van der Waals surface area contributed by atoms with E-state index in [4.69, 9.17) is 23.2 Å². The molecule has 0 aliphatic rings. The summed E-state index contributed by atoms with van der Waals surface area (Å²) in [4.78, 5) is 14.0. The number of rotatable bonds is 5. The predicted octanol–water partition coefficient (Wildman–Crippen LogP) is 5.51. The summed E-state index contributed by atoms with van der Waals surface area (Å²) in [6.45, 7) is 0.200. The minimum absolute atomic E-state index is 0.152. The van der Waals surface area contributed by atoms with Crippen LogP contribution in [0.5, 0.6) is 0 Å². The summed E-state index contributed by atoms with van der Waals surface area (Å²) in [6.07, 6.45) is -3.43. The van der Waals surface area contributed by atoms with Crippen molar-refractivity contribution in [2.45, 2.75) is 12.6 Å². The Labute approximate surface area is 175 Å². The number of amides is 1. The van der Waals surface area contributed by atoms with Gasteiger partial charge in [0, 0.05) is 23.6 Å². The number of carbonyl (C=O) groups is 1. The molecule has 0 bridgehead atoms. The van der Waals surface area contributed by atoms with Crippen molar-refractivity contribution in [3.8, 4) is 5.69 Å². The maximum absolute atomic E-state index is 13.8. The lowest BCUT2D eigenvalue weighted by Crippen LogP contribution is -2.30. The molecule has 2 aromatic carbocycles. The van der Waals surface area contributed by atoms with Crippen LogP contribution in [0.3, 0.4) is 0 Å². The number of hydrogen-bond donors (Lipinski definition) is 0. The van der Waals surface area contributed by atoms with Crippen molar-refractivity contribution < 1.29 is 18.0 Å². The van der Waals surface area contributed by atoms with Gasteiger partial charge in [0.2, 0.25) is 0 Å². The zero-order valence-corrected chi connectivity index (χ0v) is 16.8. The highest BCUT2D eigenvalue weighted by Gasteiger charge is 2.41. The molecular weight excluding hydrogens is 426 g/mol. The Hall–Kier alpha value is -2.51. The van der Waals surface area contributed by atoms with Crippen molar-refractivity contribution in [3.05, 3.63) is 81.6 Å². The van der Waals surface area contributed by atoms with Gasteiger partial charge in [0.25, 0.3) is 5.91 Å². The molecule has 152 valence electrons. The Morgan fingerprint density at radius 2 is 1.76 bits per heavy atom. The van der Waals surface area contributed by atoms with Crippen molar-refractivity contribution in [3.63, 3.8) is 0 Å². The van der Waals surface area contributed by atoms with Gasteiger partial charge in [-0.3, -0.25) is 4.79 Å². The van der Waals surface area contributed by atoms with Crippen molar-refractivity contribution in [2.75, 3.05) is 13.6 Å². The molecule has 0 saturated heterocycles. The molecule has 0 fully saturated rings. The van der Waals surface area contributed by atoms with Gasteiger partial charge in [-0.1, -0.05) is 41.4 Å². The summed E-state index contributed by atoms with van der Waals surface area (Å²) >= 11 is 11.9. The fourth-order valence-corrected chi connectivity index (χ4v) is 3.21. The van der Waals surface area contributed by atoms with E-state index in [2.05, 4.69) is 5.10 Å². The Balaban J connectivity index is 1.88. The first kappa shape index (κ1) is 21.2. The number of hydrogen-bond acceptors (Lipinski definition) is 2. The molecule has 0 saturated carbocycles. The molecule has 0 aliphatic carbocycles. The van der Waals surface area contributed by atoms with Crippen LogP contribution >= 0.6 is 23.2 Å². The van der Waals surface area contributed by atoms with E-state index >= 15 is 0 Å². The molecule has 0 aliphatic heterocycles. The summed E-state index contributed by atoms with van der Waals surface area (Å²) in [5, 5.41) is 4.72. The van der Waals surface area contributed by atoms with Gasteiger partial charge in [0.1, 0.15) is 0 Å². The zero-order valence-electron chi connectivity index (χ0n) is 15.3. The van der Waals surface area contributed by atoms with Crippen LogP contribution in [0.15, 0.2) is 54.7 Å². The molecule has 3 rings (SSSR count). The summed E-state index contributed by atoms with van der Waals surface area (Å²) in [5.41, 5.74) is -0.690.